The van der Waals surface area contributed by atoms with Crippen molar-refractivity contribution in [1.29, 1.82) is 0 Å². The molecule has 6 aromatic heterocycles. The number of hydrogen-bond donors (Lipinski definition) is 6. The molecule has 3 aliphatic heterocycles. The van der Waals surface area contributed by atoms with Crippen molar-refractivity contribution in [1.82, 2.24) is 58.6 Å². The van der Waals surface area contributed by atoms with E-state index in [1.807, 2.05) is 27.7 Å². The molecule has 9 rings (SSSR count). The summed E-state index contributed by atoms with van der Waals surface area (Å²) in [5.41, 5.74) is 4.04. The first-order valence-electron chi connectivity index (χ1n) is 52.1. The highest BCUT2D eigenvalue weighted by Crippen LogP contribution is 2.46. The van der Waals surface area contributed by atoms with Crippen LogP contribution in [0, 0.1) is 67.1 Å². The monoisotopic (exact) mass is 2040 g/mol. The molecule has 2 amide bonds. The number of nitrogens with two attached hydrogens (primary N) is 1. The largest absolute Gasteiger partial charge is 0.466 e. The second-order valence-electron chi connectivity index (χ2n) is 36.9. The van der Waals surface area contributed by atoms with Gasteiger partial charge in [-0.15, -0.1) is 19.3 Å². The molecule has 3 aliphatic rings. The van der Waals surface area contributed by atoms with E-state index < -0.39 is 66.1 Å². The molecule has 0 aromatic carbocycles. The number of anilines is 3. The highest BCUT2D eigenvalue weighted by atomic mass is 35.5. The maximum absolute atomic E-state index is 14.3. The zero-order valence-corrected chi connectivity index (χ0v) is 87.9. The van der Waals surface area contributed by atoms with Crippen LogP contribution in [0.3, 0.4) is 0 Å². The summed E-state index contributed by atoms with van der Waals surface area (Å²) < 4.78 is 80.1. The number of terminal acetylenes is 3. The minimum absolute atomic E-state index is 0. The number of nitrogens with zero attached hydrogens (tertiary/aromatic N) is 12. The Kier molecular flexibility index (Phi) is 65.9. The van der Waals surface area contributed by atoms with Crippen LogP contribution in [-0.2, 0) is 66.8 Å². The molecule has 0 spiro atoms. The third-order valence-electron chi connectivity index (χ3n) is 25.4. The molecule has 0 aliphatic carbocycles. The average molecular weight is 2050 g/mol. The van der Waals surface area contributed by atoms with Crippen molar-refractivity contribution < 1.29 is 95.3 Å². The van der Waals surface area contributed by atoms with E-state index in [1.165, 1.54) is 197 Å². The number of fused-ring (bicyclic) bond motifs is 3. The Morgan fingerprint density at radius 2 is 0.706 bits per heavy atom. The third-order valence-corrected chi connectivity index (χ3v) is 25.8. The molecule has 3 radical (unpaired) electrons. The number of aromatic nitrogens is 12. The predicted molar refractivity (Wildman–Crippen MR) is 551 cm³/mol. The Bertz CT molecular complexity index is 4660. The highest BCUT2D eigenvalue weighted by molar-refractivity contribution is 6.63. The lowest BCUT2D eigenvalue weighted by Crippen LogP contribution is -2.41. The fraction of sp³-hybridized carbons (Fsp3) is 0.724. The van der Waals surface area contributed by atoms with Crippen molar-refractivity contribution in [3.8, 4) is 37.0 Å². The molecule has 3 fully saturated rings. The molecule has 9 heterocycles. The first-order valence-corrected chi connectivity index (χ1v) is 52.9. The van der Waals surface area contributed by atoms with Gasteiger partial charge in [-0.05, 0) is 107 Å². The molecule has 7 N–H and O–H groups in total. The summed E-state index contributed by atoms with van der Waals surface area (Å²) in [5.74, 6) is 6.57. The van der Waals surface area contributed by atoms with Gasteiger partial charge in [-0.1, -0.05) is 279 Å². The fourth-order valence-corrected chi connectivity index (χ4v) is 17.0. The lowest BCUT2D eigenvalue weighted by Gasteiger charge is -2.25. The summed E-state index contributed by atoms with van der Waals surface area (Å²) in [6, 6.07) is 0. The molecule has 6 aromatic rings. The Hall–Kier alpha value is -9.32. The van der Waals surface area contributed by atoms with Gasteiger partial charge in [-0.3, -0.25) is 47.3 Å². The molecule has 0 unspecified atom stereocenters. The van der Waals surface area contributed by atoms with Gasteiger partial charge in [0.05, 0.1) is 45.4 Å². The predicted octanol–water partition coefficient (Wildman–Crippen LogP) is 21.8. The van der Waals surface area contributed by atoms with Crippen molar-refractivity contribution in [2.45, 2.75) is 444 Å². The number of rotatable bonds is 63. The van der Waals surface area contributed by atoms with Gasteiger partial charge in [-0.2, -0.15) is 43.1 Å². The number of nitrogens with one attached hydrogen (secondary N) is 2. The molecular weight excluding hydrogens is 1880 g/mol. The smallest absolute Gasteiger partial charge is 0.312 e. The van der Waals surface area contributed by atoms with Gasteiger partial charge in [0.1, 0.15) is 41.8 Å². The van der Waals surface area contributed by atoms with Crippen molar-refractivity contribution >= 4 is 129 Å². The number of imidazole rings is 3. The van der Waals surface area contributed by atoms with Crippen LogP contribution in [0.15, 0.2) is 19.0 Å². The summed E-state index contributed by atoms with van der Waals surface area (Å²) in [5, 5.41) is 32.6. The minimum Gasteiger partial charge on any atom is -0.466 e. The first kappa shape index (κ1) is 128. The zero-order chi connectivity index (χ0) is 105. The fourth-order valence-electron chi connectivity index (χ4n) is 16.8. The van der Waals surface area contributed by atoms with Gasteiger partial charge in [0.2, 0.25) is 22.3 Å². The van der Waals surface area contributed by atoms with Gasteiger partial charge in [0.15, 0.2) is 56.5 Å². The number of aliphatic hydroxyl groups is 3. The third kappa shape index (κ3) is 47.8. The number of hydrogen-bond acceptors (Lipinski definition) is 27. The lowest BCUT2D eigenvalue weighted by atomic mass is 9.87. The molecule has 797 valence electrons. The SMILES string of the molecule is C#C[C@]1(CC)O[C@@H](n2cnc3c(N)nc(F)nc32)C[C@@H]1C.C#C[C@]1(CC)O[C@@H](n2cnc3c(NC(=O)CCCOC(=O)CCCCCCCCCCC)nc(F)nc32)C[C@@H]1C.C#C[C@]1(CO)O[C@@H](n2cnc3c(NC(=O)CCCOC(=O)CCCCCCCCCCC)nc(F)nc32)C[C@@H]1O.CC(=O)CCCO.CCCCCCCCCCCC(=O)Cl.CCCCCCCCCCCC(=O)OCCCC(=O)Cl.[B]. The number of ketones is 1. The number of carbonyl (C=O) groups excluding carboxylic acids is 8. The number of halogens is 5. The number of aliphatic hydroxyl groups excluding tert-OH is 3. The van der Waals surface area contributed by atoms with Gasteiger partial charge in [-0.25, -0.2) is 15.0 Å². The van der Waals surface area contributed by atoms with Crippen molar-refractivity contribution in [3.63, 3.8) is 0 Å². The van der Waals surface area contributed by atoms with E-state index in [0.717, 1.165) is 64.2 Å². The molecule has 38 heteroatoms. The van der Waals surface area contributed by atoms with E-state index >= 15 is 0 Å². The molecule has 0 saturated carbocycles. The van der Waals surface area contributed by atoms with Crippen molar-refractivity contribution in [2.75, 3.05) is 49.4 Å². The summed E-state index contributed by atoms with van der Waals surface area (Å²) in [6.07, 6.45) is 66.4. The summed E-state index contributed by atoms with van der Waals surface area (Å²) >= 11 is 10.4. The Labute approximate surface area is 857 Å². The first-order chi connectivity index (χ1) is 68.4. The van der Waals surface area contributed by atoms with Crippen LogP contribution in [0.25, 0.3) is 33.5 Å². The quantitative estimate of drug-likeness (QED) is 0.00393. The summed E-state index contributed by atoms with van der Waals surface area (Å²) in [4.78, 5) is 126. The van der Waals surface area contributed by atoms with Crippen LogP contribution >= 0.6 is 23.2 Å². The number of nitrogen functional groups attached to an aromatic ring is 1. The molecule has 143 heavy (non-hydrogen) atoms. The number of carbonyl (C=O) groups is 8. The average Bonchev–Trinajstić information content (AvgIpc) is 1.61. The van der Waals surface area contributed by atoms with Gasteiger partial charge in [0, 0.05) is 84.6 Å². The second-order valence-corrected chi connectivity index (χ2v) is 37.7. The molecule has 3 saturated heterocycles. The van der Waals surface area contributed by atoms with Gasteiger partial charge >= 0.3 is 36.1 Å². The van der Waals surface area contributed by atoms with E-state index in [-0.39, 0.29) is 152 Å². The number of esters is 3. The van der Waals surface area contributed by atoms with E-state index in [2.05, 4.69) is 101 Å². The highest BCUT2D eigenvalue weighted by Gasteiger charge is 2.49. The van der Waals surface area contributed by atoms with E-state index in [9.17, 15) is 61.7 Å². The van der Waals surface area contributed by atoms with Crippen LogP contribution in [0.2, 0.25) is 0 Å². The van der Waals surface area contributed by atoms with Gasteiger partial charge in [0.25, 0.3) is 0 Å². The standard InChI is InChI=1S/C30H44FN5O4.C28H40FN5O6.C16H29ClO3.C14H16FN5O.C12H23ClO.C5H10O2.B/c1-5-8-9-10-11-12-13-14-15-18-25(38)39-19-16-17-23(37)33-27-26-28(35-29(31)34-27)36(21-32-26)24-20-22(4)30(6-2,7-3)40-24;1-3-5-6-7-8-9-10-11-12-15-23(38)39-16-13-14-21(37)31-25-24-26(33-27(29)32-25)34(19-30-24)22-17-20(36)28(4-2,18-35)40-22;1-2-3-4-5-6-7-8-9-10-13-16(19)20-14-11-12-15(17)18;1-4-14(5-2)8(3)6-9(21-14)20-7-17-10-11(16)18-13(15)19-12(10)20;1-2-3-4-5-6-7-8-9-10-11-12(13)14;1-5(7)3-2-4-6;/h2,21-22,24H,5,7-20H2,1,3-4H3,(H,33,34,35,37);2,19-20,22,35-36H,3,5-18H2,1H3,(H,31,32,33,37);2-14H2,1H3;1,7-9H,5-6H2,2-3H3,(H2,16,18,19);2-11H2,1H3;6H,2-4H2,1H3;/t22-,24+,30+;20-,22+,28+;;8-,9+,14+;;;/m00.0.../s1. The summed E-state index contributed by atoms with van der Waals surface area (Å²) in [6.45, 7) is 18.5. The van der Waals surface area contributed by atoms with Crippen LogP contribution in [0.1, 0.15) is 421 Å². The topological polar surface area (TPSA) is 434 Å². The van der Waals surface area contributed by atoms with Crippen LogP contribution in [0.4, 0.5) is 30.6 Å². The van der Waals surface area contributed by atoms with E-state index in [1.54, 1.807) is 9.13 Å². The van der Waals surface area contributed by atoms with Crippen LogP contribution < -0.4 is 16.4 Å². The van der Waals surface area contributed by atoms with Crippen LogP contribution in [-0.4, -0.2) is 184 Å². The number of Topliss-reactive ketones (excluding diaryl/α,β-unsaturated/α-hetero) is 1. The Morgan fingerprint density at radius 3 is 0.993 bits per heavy atom. The minimum atomic E-state index is -1.60. The zero-order valence-electron chi connectivity index (χ0n) is 86.4. The molecular formula is C105H162BCl2F3N15O17. The van der Waals surface area contributed by atoms with E-state index in [4.69, 9.17) is 81.7 Å². The number of ether oxygens (including phenoxy) is 6. The second kappa shape index (κ2) is 73.7. The number of unbranched alkanes of at least 4 members (excludes halogenated alkanes) is 32. The maximum atomic E-state index is 14.3. The molecule has 32 nitrogen and oxygen atoms in total. The molecule has 9 atom stereocenters. The van der Waals surface area contributed by atoms with E-state index in [0.29, 0.717) is 101 Å². The van der Waals surface area contributed by atoms with Crippen molar-refractivity contribution in [3.05, 3.63) is 37.2 Å². The normalized spacial score (nSPS) is 18.6. The lowest BCUT2D eigenvalue weighted by molar-refractivity contribution is -0.145. The Balaban J connectivity index is 0.000000472. The maximum Gasteiger partial charge on any atom is 0.312 e. The summed E-state index contributed by atoms with van der Waals surface area (Å²) in [7, 11) is 0. The van der Waals surface area contributed by atoms with Crippen molar-refractivity contribution in [2.24, 2.45) is 11.8 Å². The van der Waals surface area contributed by atoms with Crippen LogP contribution in [0.5, 0.6) is 0 Å². The number of amides is 2. The molecule has 0 bridgehead atoms. The van der Waals surface area contributed by atoms with Gasteiger partial charge < -0.3 is 64.9 Å². The Morgan fingerprint density at radius 1 is 0.420 bits per heavy atom.